The summed E-state index contributed by atoms with van der Waals surface area (Å²) >= 11 is 0. The molecule has 1 aromatic heterocycles. The lowest BCUT2D eigenvalue weighted by Crippen LogP contribution is -2.02. The molecule has 136 valence electrons. The Hall–Kier alpha value is -2.87. The predicted molar refractivity (Wildman–Crippen MR) is 114 cm³/mol. The van der Waals surface area contributed by atoms with Crippen LogP contribution in [-0.4, -0.2) is 9.55 Å². The van der Waals surface area contributed by atoms with E-state index in [2.05, 4.69) is 92.2 Å². The molecule has 2 nitrogen and oxygen atoms in total. The van der Waals surface area contributed by atoms with E-state index in [-0.39, 0.29) is 0 Å². The van der Waals surface area contributed by atoms with Crippen LogP contribution in [0.1, 0.15) is 31.9 Å². The molecule has 1 heterocycles. The van der Waals surface area contributed by atoms with E-state index in [1.807, 2.05) is 6.20 Å². The number of aromatic nitrogens is 2. The van der Waals surface area contributed by atoms with Gasteiger partial charge in [0.25, 0.3) is 0 Å². The van der Waals surface area contributed by atoms with Crippen LogP contribution in [0.5, 0.6) is 0 Å². The van der Waals surface area contributed by atoms with Crippen molar-refractivity contribution in [3.63, 3.8) is 0 Å². The fourth-order valence-corrected chi connectivity index (χ4v) is 3.92. The zero-order chi connectivity index (χ0) is 18.8. The largest absolute Gasteiger partial charge is 0.299 e. The lowest BCUT2D eigenvalue weighted by Gasteiger charge is -2.16. The van der Waals surface area contributed by atoms with Crippen molar-refractivity contribution in [1.82, 2.24) is 9.55 Å². The molecule has 3 aromatic carbocycles. The van der Waals surface area contributed by atoms with Crippen LogP contribution in [0.3, 0.4) is 0 Å². The van der Waals surface area contributed by atoms with Crippen LogP contribution in [-0.2, 0) is 12.8 Å². The molecule has 0 aliphatic rings. The minimum Gasteiger partial charge on any atom is -0.299 e. The second-order valence-corrected chi connectivity index (χ2v) is 7.52. The number of rotatable bonds is 5. The molecule has 0 unspecified atom stereocenters. The Morgan fingerprint density at radius 2 is 1.59 bits per heavy atom. The molecule has 0 saturated heterocycles. The van der Waals surface area contributed by atoms with Gasteiger partial charge in [-0.05, 0) is 41.3 Å². The molecule has 4 rings (SSSR count). The van der Waals surface area contributed by atoms with Crippen molar-refractivity contribution < 1.29 is 0 Å². The van der Waals surface area contributed by atoms with Crippen molar-refractivity contribution >= 4 is 10.8 Å². The minimum atomic E-state index is 0.610. The highest BCUT2D eigenvalue weighted by molar-refractivity contribution is 5.93. The third kappa shape index (κ3) is 3.28. The molecule has 0 fully saturated rings. The second kappa shape index (κ2) is 7.40. The summed E-state index contributed by atoms with van der Waals surface area (Å²) in [7, 11) is 0. The van der Waals surface area contributed by atoms with E-state index in [4.69, 9.17) is 4.98 Å². The fourth-order valence-electron chi connectivity index (χ4n) is 3.92. The van der Waals surface area contributed by atoms with Crippen molar-refractivity contribution in [2.24, 2.45) is 5.92 Å². The minimum absolute atomic E-state index is 0.610. The number of benzene rings is 3. The number of hydrogen-bond acceptors (Lipinski definition) is 1. The number of imidazole rings is 1. The van der Waals surface area contributed by atoms with Gasteiger partial charge in [-0.2, -0.15) is 0 Å². The second-order valence-electron chi connectivity index (χ2n) is 7.52. The Bertz CT molecular complexity index is 1070. The zero-order valence-corrected chi connectivity index (χ0v) is 16.3. The van der Waals surface area contributed by atoms with E-state index in [1.165, 1.54) is 33.2 Å². The molecule has 0 radical (unpaired) electrons. The molecule has 0 amide bonds. The molecule has 0 aliphatic carbocycles. The average Bonchev–Trinajstić information content (AvgIpc) is 3.16. The van der Waals surface area contributed by atoms with Crippen LogP contribution in [0.25, 0.3) is 27.8 Å². The first kappa shape index (κ1) is 17.5. The Balaban J connectivity index is 1.91. The van der Waals surface area contributed by atoms with Gasteiger partial charge in [0.1, 0.15) is 5.82 Å². The molecule has 0 aliphatic heterocycles. The number of nitrogens with zero attached hydrogens (tertiary/aromatic N) is 2. The van der Waals surface area contributed by atoms with Crippen LogP contribution >= 0.6 is 0 Å². The molecular weight excluding hydrogens is 328 g/mol. The maximum absolute atomic E-state index is 4.74. The van der Waals surface area contributed by atoms with E-state index in [1.54, 1.807) is 0 Å². The van der Waals surface area contributed by atoms with Gasteiger partial charge in [0.15, 0.2) is 0 Å². The Morgan fingerprint density at radius 3 is 2.37 bits per heavy atom. The van der Waals surface area contributed by atoms with Gasteiger partial charge in [0.05, 0.1) is 5.69 Å². The van der Waals surface area contributed by atoms with Gasteiger partial charge >= 0.3 is 0 Å². The van der Waals surface area contributed by atoms with E-state index in [0.29, 0.717) is 5.92 Å². The van der Waals surface area contributed by atoms with Crippen LogP contribution in [0.15, 0.2) is 73.1 Å². The monoisotopic (exact) mass is 354 g/mol. The van der Waals surface area contributed by atoms with Gasteiger partial charge in [0.2, 0.25) is 0 Å². The third-order valence-corrected chi connectivity index (χ3v) is 5.16. The molecule has 0 atom stereocenters. The highest BCUT2D eigenvalue weighted by atomic mass is 15.1. The van der Waals surface area contributed by atoms with E-state index >= 15 is 0 Å². The van der Waals surface area contributed by atoms with Crippen LogP contribution in [0, 0.1) is 5.92 Å². The topological polar surface area (TPSA) is 17.8 Å². The zero-order valence-electron chi connectivity index (χ0n) is 16.3. The number of hydrogen-bond donors (Lipinski definition) is 0. The first-order chi connectivity index (χ1) is 13.2. The Morgan fingerprint density at radius 1 is 0.852 bits per heavy atom. The number of fused-ring (bicyclic) bond motifs is 1. The van der Waals surface area contributed by atoms with Gasteiger partial charge in [-0.25, -0.2) is 4.98 Å². The standard InChI is InChI=1S/C25H26N2/c1-4-19-13-14-24(23-12-8-7-10-21(19)23)27-16-15-26-25(27)22-11-6-5-9-20(22)17-18(2)3/h5-16,18H,4,17H2,1-3H3. The molecule has 0 bridgehead atoms. The smallest absolute Gasteiger partial charge is 0.144 e. The summed E-state index contributed by atoms with van der Waals surface area (Å²) in [6, 6.07) is 21.8. The summed E-state index contributed by atoms with van der Waals surface area (Å²) < 4.78 is 2.24. The van der Waals surface area contributed by atoms with Crippen LogP contribution < -0.4 is 0 Å². The van der Waals surface area contributed by atoms with E-state index < -0.39 is 0 Å². The average molecular weight is 354 g/mol. The summed E-state index contributed by atoms with van der Waals surface area (Å²) in [6.45, 7) is 6.74. The number of aryl methyl sites for hydroxylation is 1. The molecule has 2 heteroatoms. The van der Waals surface area contributed by atoms with E-state index in [9.17, 15) is 0 Å². The molecule has 0 spiro atoms. The van der Waals surface area contributed by atoms with E-state index in [0.717, 1.165) is 18.7 Å². The summed E-state index contributed by atoms with van der Waals surface area (Å²) in [5, 5.41) is 2.60. The van der Waals surface area contributed by atoms with Crippen molar-refractivity contribution in [3.8, 4) is 17.1 Å². The summed E-state index contributed by atoms with van der Waals surface area (Å²) in [5.41, 5.74) is 5.15. The lowest BCUT2D eigenvalue weighted by molar-refractivity contribution is 0.648. The maximum Gasteiger partial charge on any atom is 0.144 e. The van der Waals surface area contributed by atoms with Crippen molar-refractivity contribution in [1.29, 1.82) is 0 Å². The van der Waals surface area contributed by atoms with Gasteiger partial charge in [-0.15, -0.1) is 0 Å². The Labute approximate surface area is 161 Å². The highest BCUT2D eigenvalue weighted by Gasteiger charge is 2.14. The van der Waals surface area contributed by atoms with Gasteiger partial charge in [0, 0.05) is 23.3 Å². The van der Waals surface area contributed by atoms with Crippen molar-refractivity contribution in [2.75, 3.05) is 0 Å². The first-order valence-corrected chi connectivity index (χ1v) is 9.81. The summed E-state index contributed by atoms with van der Waals surface area (Å²) in [6.07, 6.45) is 6.08. The normalized spacial score (nSPS) is 11.4. The maximum atomic E-state index is 4.74. The summed E-state index contributed by atoms with van der Waals surface area (Å²) in [5.74, 6) is 1.62. The summed E-state index contributed by atoms with van der Waals surface area (Å²) in [4.78, 5) is 4.74. The third-order valence-electron chi connectivity index (χ3n) is 5.16. The first-order valence-electron chi connectivity index (χ1n) is 9.81. The molecule has 0 N–H and O–H groups in total. The van der Waals surface area contributed by atoms with Crippen molar-refractivity contribution in [2.45, 2.75) is 33.6 Å². The van der Waals surface area contributed by atoms with Gasteiger partial charge in [-0.3, -0.25) is 4.57 Å². The SMILES string of the molecule is CCc1ccc(-n2ccnc2-c2ccccc2CC(C)C)c2ccccc12. The predicted octanol–water partition coefficient (Wildman–Crippen LogP) is 6.45. The Kier molecular flexibility index (Phi) is 4.81. The van der Waals surface area contributed by atoms with Crippen LogP contribution in [0.4, 0.5) is 0 Å². The van der Waals surface area contributed by atoms with Gasteiger partial charge < -0.3 is 0 Å². The van der Waals surface area contributed by atoms with Crippen molar-refractivity contribution in [3.05, 3.63) is 84.2 Å². The molecule has 4 aromatic rings. The fraction of sp³-hybridized carbons (Fsp3) is 0.240. The molecule has 0 saturated carbocycles. The lowest BCUT2D eigenvalue weighted by atomic mass is 9.97. The quantitative estimate of drug-likeness (QED) is 0.402. The van der Waals surface area contributed by atoms with Gasteiger partial charge in [-0.1, -0.05) is 75.4 Å². The highest BCUT2D eigenvalue weighted by Crippen LogP contribution is 2.31. The molecular formula is C25H26N2. The van der Waals surface area contributed by atoms with Crippen LogP contribution in [0.2, 0.25) is 0 Å². The molecule has 27 heavy (non-hydrogen) atoms.